The van der Waals surface area contributed by atoms with Gasteiger partial charge in [-0.15, -0.1) is 0 Å². The van der Waals surface area contributed by atoms with Crippen molar-refractivity contribution in [3.8, 4) is 11.5 Å². The molecular formula is C12H12N2O2. The van der Waals surface area contributed by atoms with Gasteiger partial charge in [-0.3, -0.25) is 0 Å². The predicted octanol–water partition coefficient (Wildman–Crippen LogP) is 2.06. The lowest BCUT2D eigenvalue weighted by molar-refractivity contribution is 0.295. The largest absolute Gasteiger partial charge is 0.497 e. The van der Waals surface area contributed by atoms with Crippen molar-refractivity contribution in [2.75, 3.05) is 7.11 Å². The summed E-state index contributed by atoms with van der Waals surface area (Å²) in [6.07, 6.45) is 3.39. The average molecular weight is 216 g/mol. The molecule has 0 unspecified atom stereocenters. The molecule has 0 atom stereocenters. The summed E-state index contributed by atoms with van der Waals surface area (Å²) in [5.74, 6) is 2.25. The number of aromatic nitrogens is 2. The fourth-order valence-electron chi connectivity index (χ4n) is 1.22. The van der Waals surface area contributed by atoms with Crippen molar-refractivity contribution < 1.29 is 9.47 Å². The molecule has 0 saturated heterocycles. The Labute approximate surface area is 93.9 Å². The first-order chi connectivity index (χ1) is 7.88. The van der Waals surface area contributed by atoms with E-state index in [2.05, 4.69) is 9.97 Å². The zero-order valence-corrected chi connectivity index (χ0v) is 8.96. The highest BCUT2D eigenvalue weighted by molar-refractivity contribution is 5.31. The van der Waals surface area contributed by atoms with Gasteiger partial charge in [-0.2, -0.15) is 0 Å². The molecule has 0 radical (unpaired) electrons. The number of ether oxygens (including phenoxy) is 2. The van der Waals surface area contributed by atoms with Crippen LogP contribution in [0, 0.1) is 0 Å². The molecule has 2 aromatic rings. The van der Waals surface area contributed by atoms with Crippen LogP contribution in [0.15, 0.2) is 42.7 Å². The lowest BCUT2D eigenvalue weighted by Gasteiger charge is -2.05. The Hall–Kier alpha value is -2.10. The fourth-order valence-corrected chi connectivity index (χ4v) is 1.22. The molecule has 0 saturated carbocycles. The summed E-state index contributed by atoms with van der Waals surface area (Å²) in [5.41, 5.74) is 0. The molecule has 4 nitrogen and oxygen atoms in total. The second-order valence-electron chi connectivity index (χ2n) is 3.13. The third-order valence-corrected chi connectivity index (χ3v) is 2.05. The van der Waals surface area contributed by atoms with E-state index in [4.69, 9.17) is 9.47 Å². The highest BCUT2D eigenvalue weighted by Gasteiger charge is 1.97. The maximum absolute atomic E-state index is 5.51. The molecule has 16 heavy (non-hydrogen) atoms. The minimum absolute atomic E-state index is 0.368. The Morgan fingerprint density at radius 1 is 1.00 bits per heavy atom. The summed E-state index contributed by atoms with van der Waals surface area (Å²) in [6, 6.07) is 9.17. The average Bonchev–Trinajstić information content (AvgIpc) is 2.38. The maximum atomic E-state index is 5.51. The molecule has 0 aliphatic heterocycles. The van der Waals surface area contributed by atoms with Gasteiger partial charge < -0.3 is 9.47 Å². The van der Waals surface area contributed by atoms with Gasteiger partial charge in [0.05, 0.1) is 7.11 Å². The van der Waals surface area contributed by atoms with Gasteiger partial charge in [0, 0.05) is 12.4 Å². The van der Waals surface area contributed by atoms with E-state index in [-0.39, 0.29) is 0 Å². The Morgan fingerprint density at radius 3 is 2.25 bits per heavy atom. The molecular weight excluding hydrogens is 204 g/mol. The smallest absolute Gasteiger partial charge is 0.166 e. The highest BCUT2D eigenvalue weighted by atomic mass is 16.5. The third-order valence-electron chi connectivity index (χ3n) is 2.05. The molecule has 4 heteroatoms. The van der Waals surface area contributed by atoms with Crippen LogP contribution in [0.4, 0.5) is 0 Å². The van der Waals surface area contributed by atoms with Crippen molar-refractivity contribution in [3.63, 3.8) is 0 Å². The zero-order chi connectivity index (χ0) is 11.2. The predicted molar refractivity (Wildman–Crippen MR) is 59.4 cm³/mol. The highest BCUT2D eigenvalue weighted by Crippen LogP contribution is 2.17. The van der Waals surface area contributed by atoms with Gasteiger partial charge in [-0.1, -0.05) is 0 Å². The molecule has 0 aliphatic rings. The van der Waals surface area contributed by atoms with Crippen LogP contribution in [0.2, 0.25) is 0 Å². The van der Waals surface area contributed by atoms with Crippen molar-refractivity contribution in [2.24, 2.45) is 0 Å². The van der Waals surface area contributed by atoms with Crippen LogP contribution < -0.4 is 9.47 Å². The van der Waals surface area contributed by atoms with Gasteiger partial charge in [-0.05, 0) is 30.3 Å². The van der Waals surface area contributed by atoms with Crippen LogP contribution in [-0.4, -0.2) is 17.1 Å². The minimum atomic E-state index is 0.368. The van der Waals surface area contributed by atoms with Crippen LogP contribution in [0.5, 0.6) is 11.5 Å². The Balaban J connectivity index is 1.94. The number of benzene rings is 1. The van der Waals surface area contributed by atoms with Gasteiger partial charge in [0.2, 0.25) is 0 Å². The monoisotopic (exact) mass is 216 g/mol. The summed E-state index contributed by atoms with van der Waals surface area (Å²) < 4.78 is 10.6. The Morgan fingerprint density at radius 2 is 1.62 bits per heavy atom. The number of hydrogen-bond donors (Lipinski definition) is 0. The molecule has 0 fully saturated rings. The molecule has 2 rings (SSSR count). The van der Waals surface area contributed by atoms with E-state index >= 15 is 0 Å². The fraction of sp³-hybridized carbons (Fsp3) is 0.167. The Bertz CT molecular complexity index is 429. The van der Waals surface area contributed by atoms with Crippen LogP contribution in [0.25, 0.3) is 0 Å². The quantitative estimate of drug-likeness (QED) is 0.784. The zero-order valence-electron chi connectivity index (χ0n) is 8.96. The standard InChI is InChI=1S/C12H12N2O2/c1-15-10-3-5-11(6-4-10)16-9-12-13-7-2-8-14-12/h2-8H,9H2,1H3. The van der Waals surface area contributed by atoms with Crippen LogP contribution in [0.3, 0.4) is 0 Å². The molecule has 1 heterocycles. The number of hydrogen-bond acceptors (Lipinski definition) is 4. The normalized spacial score (nSPS) is 9.81. The lowest BCUT2D eigenvalue weighted by atomic mass is 10.3. The van der Waals surface area contributed by atoms with Crippen molar-refractivity contribution in [3.05, 3.63) is 48.5 Å². The van der Waals surface area contributed by atoms with Crippen molar-refractivity contribution in [1.29, 1.82) is 0 Å². The summed E-state index contributed by atoms with van der Waals surface area (Å²) in [5, 5.41) is 0. The molecule has 0 aliphatic carbocycles. The molecule has 0 spiro atoms. The SMILES string of the molecule is COc1ccc(OCc2ncccn2)cc1. The molecule has 82 valence electrons. The van der Waals surface area contributed by atoms with Crippen molar-refractivity contribution in [1.82, 2.24) is 9.97 Å². The van der Waals surface area contributed by atoms with Crippen molar-refractivity contribution >= 4 is 0 Å². The summed E-state index contributed by atoms with van der Waals surface area (Å²) in [7, 11) is 1.63. The first-order valence-corrected chi connectivity index (χ1v) is 4.91. The van der Waals surface area contributed by atoms with E-state index in [1.165, 1.54) is 0 Å². The Kier molecular flexibility index (Phi) is 3.33. The van der Waals surface area contributed by atoms with Gasteiger partial charge in [0.1, 0.15) is 18.1 Å². The third kappa shape index (κ3) is 2.70. The molecule has 0 N–H and O–H groups in total. The second-order valence-corrected chi connectivity index (χ2v) is 3.13. The van der Waals surface area contributed by atoms with Gasteiger partial charge >= 0.3 is 0 Å². The van der Waals surface area contributed by atoms with Crippen LogP contribution in [-0.2, 0) is 6.61 Å². The summed E-state index contributed by atoms with van der Waals surface area (Å²) in [6.45, 7) is 0.368. The van der Waals surface area contributed by atoms with E-state index in [1.807, 2.05) is 24.3 Å². The minimum Gasteiger partial charge on any atom is -0.497 e. The second kappa shape index (κ2) is 5.11. The number of nitrogens with zero attached hydrogens (tertiary/aromatic N) is 2. The van der Waals surface area contributed by atoms with Crippen LogP contribution in [0.1, 0.15) is 5.82 Å². The van der Waals surface area contributed by atoms with Gasteiger partial charge in [-0.25, -0.2) is 9.97 Å². The maximum Gasteiger partial charge on any atom is 0.166 e. The first-order valence-electron chi connectivity index (χ1n) is 4.91. The topological polar surface area (TPSA) is 44.2 Å². The molecule has 1 aromatic carbocycles. The van der Waals surface area contributed by atoms with Crippen molar-refractivity contribution in [2.45, 2.75) is 6.61 Å². The summed E-state index contributed by atoms with van der Waals surface area (Å²) >= 11 is 0. The summed E-state index contributed by atoms with van der Waals surface area (Å²) in [4.78, 5) is 8.13. The molecule has 0 amide bonds. The molecule has 1 aromatic heterocycles. The van der Waals surface area contributed by atoms with E-state index in [0.29, 0.717) is 12.4 Å². The first kappa shape index (κ1) is 10.4. The van der Waals surface area contributed by atoms with E-state index in [9.17, 15) is 0 Å². The van der Waals surface area contributed by atoms with Gasteiger partial charge in [0.15, 0.2) is 5.82 Å². The molecule has 0 bridgehead atoms. The van der Waals surface area contributed by atoms with Gasteiger partial charge in [0.25, 0.3) is 0 Å². The lowest BCUT2D eigenvalue weighted by Crippen LogP contribution is -2.00. The van der Waals surface area contributed by atoms with E-state index < -0.39 is 0 Å². The van der Waals surface area contributed by atoms with Crippen LogP contribution >= 0.6 is 0 Å². The van der Waals surface area contributed by atoms with E-state index in [1.54, 1.807) is 25.6 Å². The number of rotatable bonds is 4. The number of methoxy groups -OCH3 is 1. The van der Waals surface area contributed by atoms with E-state index in [0.717, 1.165) is 11.5 Å².